The molecule has 0 bridgehead atoms. The van der Waals surface area contributed by atoms with Gasteiger partial charge in [0, 0.05) is 11.1 Å². The van der Waals surface area contributed by atoms with E-state index in [-0.39, 0.29) is 5.91 Å². The quantitative estimate of drug-likeness (QED) is 0.348. The van der Waals surface area contributed by atoms with Crippen LogP contribution in [0, 0.1) is 5.92 Å². The molecule has 4 rings (SSSR count). The highest BCUT2D eigenvalue weighted by Crippen LogP contribution is 2.20. The zero-order valence-electron chi connectivity index (χ0n) is 17.1. The number of carbonyl (C=O) groups excluding carboxylic acids is 1. The normalized spacial score (nSPS) is 11.4. The number of hydrogen-bond donors (Lipinski definition) is 2. The summed E-state index contributed by atoms with van der Waals surface area (Å²) in [6, 6.07) is 24.1. The number of fused-ring (bicyclic) bond motifs is 1. The summed E-state index contributed by atoms with van der Waals surface area (Å²) in [7, 11) is 0. The van der Waals surface area contributed by atoms with Gasteiger partial charge in [0.25, 0.3) is 5.91 Å². The monoisotopic (exact) mass is 396 g/mol. The van der Waals surface area contributed by atoms with Gasteiger partial charge in [0.1, 0.15) is 5.69 Å². The minimum Gasteiger partial charge on any atom is -0.272 e. The van der Waals surface area contributed by atoms with Gasteiger partial charge in [-0.25, -0.2) is 5.43 Å². The second-order valence-electron chi connectivity index (χ2n) is 7.73. The van der Waals surface area contributed by atoms with Gasteiger partial charge in [-0.1, -0.05) is 80.6 Å². The maximum atomic E-state index is 12.4. The Morgan fingerprint density at radius 3 is 2.63 bits per heavy atom. The molecule has 30 heavy (non-hydrogen) atoms. The lowest BCUT2D eigenvalue weighted by Gasteiger charge is -2.05. The van der Waals surface area contributed by atoms with Crippen LogP contribution in [-0.4, -0.2) is 22.3 Å². The number of hydrogen-bond acceptors (Lipinski definition) is 3. The van der Waals surface area contributed by atoms with Gasteiger partial charge in [-0.2, -0.15) is 10.2 Å². The number of carbonyl (C=O) groups is 1. The van der Waals surface area contributed by atoms with Crippen molar-refractivity contribution in [2.24, 2.45) is 11.0 Å². The Morgan fingerprint density at radius 1 is 1.07 bits per heavy atom. The third-order valence-electron chi connectivity index (χ3n) is 4.91. The summed E-state index contributed by atoms with van der Waals surface area (Å²) in [5.41, 5.74) is 6.88. The van der Waals surface area contributed by atoms with Crippen molar-refractivity contribution in [1.29, 1.82) is 0 Å². The van der Waals surface area contributed by atoms with Gasteiger partial charge in [-0.3, -0.25) is 9.89 Å². The number of H-pyrrole nitrogens is 1. The Kier molecular flexibility index (Phi) is 5.70. The van der Waals surface area contributed by atoms with E-state index >= 15 is 0 Å². The van der Waals surface area contributed by atoms with Crippen LogP contribution in [0.3, 0.4) is 0 Å². The van der Waals surface area contributed by atoms with Crippen LogP contribution in [0.2, 0.25) is 0 Å². The Morgan fingerprint density at radius 2 is 1.83 bits per heavy atom. The first-order valence-corrected chi connectivity index (χ1v) is 10.1. The Labute approximate surface area is 175 Å². The second-order valence-corrected chi connectivity index (χ2v) is 7.73. The molecular formula is C25H24N4O. The lowest BCUT2D eigenvalue weighted by Crippen LogP contribution is -2.18. The van der Waals surface area contributed by atoms with Crippen molar-refractivity contribution in [2.45, 2.75) is 20.3 Å². The van der Waals surface area contributed by atoms with Gasteiger partial charge in [-0.15, -0.1) is 0 Å². The summed E-state index contributed by atoms with van der Waals surface area (Å²) < 4.78 is 0. The number of benzene rings is 3. The summed E-state index contributed by atoms with van der Waals surface area (Å²) in [6.07, 6.45) is 2.70. The number of amides is 1. The number of aromatic nitrogens is 2. The Hall–Kier alpha value is -3.73. The fourth-order valence-electron chi connectivity index (χ4n) is 3.45. The average Bonchev–Trinajstić information content (AvgIpc) is 3.24. The van der Waals surface area contributed by atoms with Crippen molar-refractivity contribution in [3.8, 4) is 11.3 Å². The number of hydrazone groups is 1. The third kappa shape index (κ3) is 4.46. The van der Waals surface area contributed by atoms with Crippen LogP contribution < -0.4 is 5.43 Å². The first-order chi connectivity index (χ1) is 14.6. The molecule has 150 valence electrons. The molecule has 0 aliphatic carbocycles. The summed E-state index contributed by atoms with van der Waals surface area (Å²) >= 11 is 0. The van der Waals surface area contributed by atoms with Gasteiger partial charge in [0.05, 0.1) is 11.9 Å². The number of rotatable bonds is 6. The van der Waals surface area contributed by atoms with E-state index < -0.39 is 0 Å². The minimum atomic E-state index is -0.332. The number of nitrogens with zero attached hydrogens (tertiary/aromatic N) is 2. The van der Waals surface area contributed by atoms with Crippen molar-refractivity contribution in [3.05, 3.63) is 89.6 Å². The first kappa shape index (κ1) is 19.6. The van der Waals surface area contributed by atoms with Gasteiger partial charge >= 0.3 is 0 Å². The van der Waals surface area contributed by atoms with Crippen molar-refractivity contribution in [2.75, 3.05) is 0 Å². The number of nitrogens with one attached hydrogen (secondary N) is 2. The van der Waals surface area contributed by atoms with Crippen LogP contribution in [0.15, 0.2) is 77.9 Å². The standard InChI is InChI=1S/C25H24N4O/c1-17(2)14-18-10-12-20(13-11-18)23-15-24(28-27-23)25(30)29-26-16-21-8-5-7-19-6-3-4-9-22(19)21/h3-13,15-17H,14H2,1-2H3,(H,27,28)(H,29,30). The second kappa shape index (κ2) is 8.74. The van der Waals surface area contributed by atoms with Gasteiger partial charge in [-0.05, 0) is 34.7 Å². The molecule has 5 heteroatoms. The Balaban J connectivity index is 1.43. The van der Waals surface area contributed by atoms with Crippen LogP contribution in [0.25, 0.3) is 22.0 Å². The molecule has 1 heterocycles. The first-order valence-electron chi connectivity index (χ1n) is 10.1. The highest BCUT2D eigenvalue weighted by molar-refractivity contribution is 6.00. The lowest BCUT2D eigenvalue weighted by molar-refractivity contribution is 0.0950. The van der Waals surface area contributed by atoms with Crippen LogP contribution >= 0.6 is 0 Å². The molecule has 4 aromatic rings. The number of aromatic amines is 1. The van der Waals surface area contributed by atoms with Gasteiger partial charge in [0.15, 0.2) is 0 Å². The fraction of sp³-hybridized carbons (Fsp3) is 0.160. The highest BCUT2D eigenvalue weighted by Gasteiger charge is 2.10. The summed E-state index contributed by atoms with van der Waals surface area (Å²) in [5.74, 6) is 0.285. The van der Waals surface area contributed by atoms with E-state index in [4.69, 9.17) is 0 Å². The predicted molar refractivity (Wildman–Crippen MR) is 122 cm³/mol. The van der Waals surface area contributed by atoms with E-state index in [9.17, 15) is 4.79 Å². The van der Waals surface area contributed by atoms with E-state index in [0.717, 1.165) is 34.0 Å². The van der Waals surface area contributed by atoms with Crippen molar-refractivity contribution < 1.29 is 4.79 Å². The third-order valence-corrected chi connectivity index (χ3v) is 4.91. The summed E-state index contributed by atoms with van der Waals surface area (Å²) in [5, 5.41) is 13.4. The zero-order valence-corrected chi connectivity index (χ0v) is 17.1. The highest BCUT2D eigenvalue weighted by atomic mass is 16.2. The molecular weight excluding hydrogens is 372 g/mol. The van der Waals surface area contributed by atoms with Gasteiger partial charge in [0.2, 0.25) is 0 Å². The van der Waals surface area contributed by atoms with E-state index in [2.05, 4.69) is 46.7 Å². The lowest BCUT2D eigenvalue weighted by atomic mass is 10.0. The molecule has 0 fully saturated rings. The molecule has 3 aromatic carbocycles. The molecule has 5 nitrogen and oxygen atoms in total. The molecule has 0 spiro atoms. The minimum absolute atomic E-state index is 0.332. The average molecular weight is 396 g/mol. The Bertz CT molecular complexity index is 1180. The molecule has 0 saturated carbocycles. The van der Waals surface area contributed by atoms with Crippen LogP contribution in [0.5, 0.6) is 0 Å². The SMILES string of the molecule is CC(C)Cc1ccc(-c2cc(C(=O)NN=Cc3cccc4ccccc34)[nH]n2)cc1. The van der Waals surface area contributed by atoms with E-state index in [1.807, 2.05) is 54.6 Å². The van der Waals surface area contributed by atoms with Crippen LogP contribution in [0.4, 0.5) is 0 Å². The van der Waals surface area contributed by atoms with E-state index in [0.29, 0.717) is 11.6 Å². The molecule has 0 atom stereocenters. The van der Waals surface area contributed by atoms with Crippen molar-refractivity contribution in [3.63, 3.8) is 0 Å². The maximum absolute atomic E-state index is 12.4. The predicted octanol–water partition coefficient (Wildman–Crippen LogP) is 5.19. The summed E-state index contributed by atoms with van der Waals surface area (Å²) in [6.45, 7) is 4.41. The molecule has 2 N–H and O–H groups in total. The largest absolute Gasteiger partial charge is 0.289 e. The van der Waals surface area contributed by atoms with E-state index in [1.165, 1.54) is 5.56 Å². The molecule has 1 amide bonds. The molecule has 0 aliphatic rings. The fourth-order valence-corrected chi connectivity index (χ4v) is 3.45. The molecule has 0 saturated heterocycles. The van der Waals surface area contributed by atoms with Crippen LogP contribution in [0.1, 0.15) is 35.5 Å². The zero-order chi connectivity index (χ0) is 20.9. The topological polar surface area (TPSA) is 70.1 Å². The van der Waals surface area contributed by atoms with Gasteiger partial charge < -0.3 is 0 Å². The maximum Gasteiger partial charge on any atom is 0.289 e. The smallest absolute Gasteiger partial charge is 0.272 e. The molecule has 1 aromatic heterocycles. The van der Waals surface area contributed by atoms with Crippen LogP contribution in [-0.2, 0) is 6.42 Å². The van der Waals surface area contributed by atoms with E-state index in [1.54, 1.807) is 12.3 Å². The molecule has 0 radical (unpaired) electrons. The van der Waals surface area contributed by atoms with Crippen molar-refractivity contribution in [1.82, 2.24) is 15.6 Å². The molecule has 0 unspecified atom stereocenters. The summed E-state index contributed by atoms with van der Waals surface area (Å²) in [4.78, 5) is 12.4. The molecule has 0 aliphatic heterocycles. The van der Waals surface area contributed by atoms with Crippen molar-refractivity contribution >= 4 is 22.9 Å².